The van der Waals surface area contributed by atoms with Gasteiger partial charge in [-0.1, -0.05) is 35.5 Å². The minimum absolute atomic E-state index is 0.00735. The van der Waals surface area contributed by atoms with Gasteiger partial charge in [0.25, 0.3) is 0 Å². The highest BCUT2D eigenvalue weighted by Crippen LogP contribution is 2.18. The van der Waals surface area contributed by atoms with Crippen molar-refractivity contribution in [3.05, 3.63) is 60.1 Å². The molecule has 1 aromatic heterocycles. The number of nitrogens with two attached hydrogens (primary N) is 1. The molecule has 2 atom stereocenters. The molecule has 0 spiro atoms. The fourth-order valence-electron chi connectivity index (χ4n) is 2.34. The summed E-state index contributed by atoms with van der Waals surface area (Å²) < 4.78 is 5.37. The number of nitrogens with one attached hydrogen (secondary N) is 1. The lowest BCUT2D eigenvalue weighted by Crippen LogP contribution is -2.34. The monoisotopic (exact) mass is 287 g/mol. The molecule has 0 aliphatic rings. The second-order valence-corrected chi connectivity index (χ2v) is 5.11. The summed E-state index contributed by atoms with van der Waals surface area (Å²) in [4.78, 5) is 0. The number of nitrogens with zero attached hydrogens (tertiary/aromatic N) is 1. The summed E-state index contributed by atoms with van der Waals surface area (Å²) in [6.07, 6.45) is 2.91. The van der Waals surface area contributed by atoms with E-state index in [0.717, 1.165) is 17.7 Å². The van der Waals surface area contributed by atoms with Crippen LogP contribution in [0.4, 0.5) is 0 Å². The van der Waals surface area contributed by atoms with Crippen LogP contribution in [0.3, 0.4) is 0 Å². The van der Waals surface area contributed by atoms with E-state index in [-0.39, 0.29) is 17.9 Å². The molecule has 0 bridgehead atoms. The Balaban J connectivity index is 2.05. The molecular weight excluding hydrogens is 266 g/mol. The summed E-state index contributed by atoms with van der Waals surface area (Å²) in [5, 5.41) is 15.4. The van der Waals surface area contributed by atoms with E-state index in [2.05, 4.69) is 17.4 Å². The molecule has 2 unspecified atom stereocenters. The average molecular weight is 287 g/mol. The first kappa shape index (κ1) is 15.1. The second kappa shape index (κ2) is 7.50. The van der Waals surface area contributed by atoms with Gasteiger partial charge < -0.3 is 20.7 Å². The highest BCUT2D eigenvalue weighted by molar-refractivity contribution is 5.80. The van der Waals surface area contributed by atoms with E-state index in [4.69, 9.17) is 15.4 Å². The lowest BCUT2D eigenvalue weighted by Gasteiger charge is -2.23. The Labute approximate surface area is 124 Å². The van der Waals surface area contributed by atoms with Crippen LogP contribution in [0.25, 0.3) is 0 Å². The normalized spacial score (nSPS) is 14.8. The van der Waals surface area contributed by atoms with Crippen LogP contribution in [-0.2, 0) is 6.42 Å². The van der Waals surface area contributed by atoms with Crippen molar-refractivity contribution in [2.75, 3.05) is 0 Å². The Hall–Kier alpha value is -2.27. The maximum atomic E-state index is 8.79. The Morgan fingerprint density at radius 3 is 2.67 bits per heavy atom. The van der Waals surface area contributed by atoms with Gasteiger partial charge in [0.05, 0.1) is 6.26 Å². The number of oxime groups is 1. The highest BCUT2D eigenvalue weighted by Gasteiger charge is 2.17. The van der Waals surface area contributed by atoms with E-state index in [1.54, 1.807) is 6.26 Å². The number of furan rings is 1. The van der Waals surface area contributed by atoms with Gasteiger partial charge in [-0.2, -0.15) is 0 Å². The van der Waals surface area contributed by atoms with Crippen LogP contribution in [0.1, 0.15) is 30.7 Å². The Kier molecular flexibility index (Phi) is 5.40. The maximum absolute atomic E-state index is 8.79. The van der Waals surface area contributed by atoms with Crippen LogP contribution in [0.5, 0.6) is 0 Å². The van der Waals surface area contributed by atoms with Gasteiger partial charge in [0.2, 0.25) is 0 Å². The van der Waals surface area contributed by atoms with Crippen molar-refractivity contribution >= 4 is 5.84 Å². The van der Waals surface area contributed by atoms with Gasteiger partial charge >= 0.3 is 0 Å². The molecule has 5 nitrogen and oxygen atoms in total. The van der Waals surface area contributed by atoms with Crippen molar-refractivity contribution in [2.45, 2.75) is 31.8 Å². The third kappa shape index (κ3) is 4.65. The molecule has 0 radical (unpaired) electrons. The van der Waals surface area contributed by atoms with Gasteiger partial charge in [0.15, 0.2) is 0 Å². The number of hydrogen-bond acceptors (Lipinski definition) is 4. The summed E-state index contributed by atoms with van der Waals surface area (Å²) >= 11 is 0. The quantitative estimate of drug-likeness (QED) is 0.316. The van der Waals surface area contributed by atoms with Crippen LogP contribution in [0.15, 0.2) is 58.3 Å². The molecular formula is C16H21N3O2. The molecule has 2 aromatic rings. The lowest BCUT2D eigenvalue weighted by molar-refractivity contribution is 0.315. The Morgan fingerprint density at radius 2 is 2.05 bits per heavy atom. The predicted octanol–water partition coefficient (Wildman–Crippen LogP) is 2.68. The molecule has 5 heteroatoms. The van der Waals surface area contributed by atoms with Crippen molar-refractivity contribution in [3.63, 3.8) is 0 Å². The summed E-state index contributed by atoms with van der Waals surface area (Å²) in [6, 6.07) is 14.0. The zero-order chi connectivity index (χ0) is 15.1. The molecule has 21 heavy (non-hydrogen) atoms. The predicted molar refractivity (Wildman–Crippen MR) is 82.2 cm³/mol. The first-order valence-electron chi connectivity index (χ1n) is 6.99. The molecule has 0 aliphatic carbocycles. The maximum Gasteiger partial charge on any atom is 0.141 e. The van der Waals surface area contributed by atoms with Crippen LogP contribution >= 0.6 is 0 Å². The topological polar surface area (TPSA) is 83.8 Å². The minimum atomic E-state index is -0.00735. The molecule has 2 rings (SSSR count). The van der Waals surface area contributed by atoms with E-state index in [0.29, 0.717) is 6.42 Å². The van der Waals surface area contributed by atoms with Gasteiger partial charge in [0, 0.05) is 24.9 Å². The Morgan fingerprint density at radius 1 is 1.29 bits per heavy atom. The molecule has 1 heterocycles. The number of rotatable bonds is 7. The zero-order valence-electron chi connectivity index (χ0n) is 12.1. The van der Waals surface area contributed by atoms with E-state index in [1.807, 2.05) is 42.5 Å². The van der Waals surface area contributed by atoms with Gasteiger partial charge in [-0.25, -0.2) is 0 Å². The minimum Gasteiger partial charge on any atom is -0.469 e. The first-order chi connectivity index (χ1) is 10.2. The molecule has 0 aliphatic heterocycles. The molecule has 0 saturated carbocycles. The van der Waals surface area contributed by atoms with Crippen molar-refractivity contribution < 1.29 is 9.62 Å². The number of benzene rings is 1. The van der Waals surface area contributed by atoms with E-state index in [1.165, 1.54) is 0 Å². The fourth-order valence-corrected chi connectivity index (χ4v) is 2.34. The molecule has 0 amide bonds. The van der Waals surface area contributed by atoms with Crippen molar-refractivity contribution in [1.29, 1.82) is 0 Å². The summed E-state index contributed by atoms with van der Waals surface area (Å²) in [7, 11) is 0. The van der Waals surface area contributed by atoms with Crippen molar-refractivity contribution in [3.8, 4) is 0 Å². The molecule has 1 aromatic carbocycles. The standard InChI is InChI=1S/C16H21N3O2/c1-12(10-14-8-5-9-21-14)18-15(11-16(17)19-20)13-6-3-2-4-7-13/h2-9,12,15,18,20H,10-11H2,1H3,(H2,17,19). The van der Waals surface area contributed by atoms with E-state index in [9.17, 15) is 0 Å². The summed E-state index contributed by atoms with van der Waals surface area (Å²) in [6.45, 7) is 2.09. The summed E-state index contributed by atoms with van der Waals surface area (Å²) in [5.41, 5.74) is 6.77. The lowest BCUT2D eigenvalue weighted by atomic mass is 10.0. The zero-order valence-corrected chi connectivity index (χ0v) is 12.1. The van der Waals surface area contributed by atoms with Crippen LogP contribution in [-0.4, -0.2) is 17.1 Å². The van der Waals surface area contributed by atoms with Gasteiger partial charge in [-0.3, -0.25) is 0 Å². The molecule has 0 saturated heterocycles. The van der Waals surface area contributed by atoms with Gasteiger partial charge in [-0.05, 0) is 24.6 Å². The third-order valence-electron chi connectivity index (χ3n) is 3.32. The fraction of sp³-hybridized carbons (Fsp3) is 0.312. The largest absolute Gasteiger partial charge is 0.469 e. The van der Waals surface area contributed by atoms with Crippen LogP contribution in [0.2, 0.25) is 0 Å². The SMILES string of the molecule is CC(Cc1ccco1)NC(CC(N)=NO)c1ccccc1. The van der Waals surface area contributed by atoms with Gasteiger partial charge in [0.1, 0.15) is 11.6 Å². The molecule has 0 fully saturated rings. The molecule has 112 valence electrons. The highest BCUT2D eigenvalue weighted by atomic mass is 16.4. The van der Waals surface area contributed by atoms with Crippen LogP contribution < -0.4 is 11.1 Å². The summed E-state index contributed by atoms with van der Waals surface area (Å²) in [5.74, 6) is 1.15. The Bertz CT molecular complexity index is 552. The van der Waals surface area contributed by atoms with E-state index >= 15 is 0 Å². The van der Waals surface area contributed by atoms with Crippen LogP contribution in [0, 0.1) is 0 Å². The van der Waals surface area contributed by atoms with Crippen molar-refractivity contribution in [1.82, 2.24) is 5.32 Å². The third-order valence-corrected chi connectivity index (χ3v) is 3.32. The first-order valence-corrected chi connectivity index (χ1v) is 6.99. The number of amidine groups is 1. The number of hydrogen-bond donors (Lipinski definition) is 3. The van der Waals surface area contributed by atoms with Gasteiger partial charge in [-0.15, -0.1) is 0 Å². The smallest absolute Gasteiger partial charge is 0.141 e. The second-order valence-electron chi connectivity index (χ2n) is 5.11. The van der Waals surface area contributed by atoms with Crippen molar-refractivity contribution in [2.24, 2.45) is 10.9 Å². The van der Waals surface area contributed by atoms with E-state index < -0.39 is 0 Å². The average Bonchev–Trinajstić information content (AvgIpc) is 3.00. The molecule has 4 N–H and O–H groups in total.